The van der Waals surface area contributed by atoms with Crippen molar-refractivity contribution in [3.63, 3.8) is 0 Å². The van der Waals surface area contributed by atoms with Gasteiger partial charge >= 0.3 is 0 Å². The lowest BCUT2D eigenvalue weighted by Crippen LogP contribution is -2.41. The molecule has 3 N–H and O–H groups in total. The molecule has 6 nitrogen and oxygen atoms in total. The van der Waals surface area contributed by atoms with Gasteiger partial charge in [0.2, 0.25) is 0 Å². The van der Waals surface area contributed by atoms with Gasteiger partial charge in [0.25, 0.3) is 0 Å². The van der Waals surface area contributed by atoms with Crippen LogP contribution in [0.3, 0.4) is 0 Å². The summed E-state index contributed by atoms with van der Waals surface area (Å²) in [4.78, 5) is 6.88. The van der Waals surface area contributed by atoms with Gasteiger partial charge in [0, 0.05) is 39.9 Å². The van der Waals surface area contributed by atoms with Crippen LogP contribution in [0.2, 0.25) is 0 Å². The van der Waals surface area contributed by atoms with E-state index in [9.17, 15) is 5.11 Å². The Morgan fingerprint density at radius 3 is 2.62 bits per heavy atom. The lowest BCUT2D eigenvalue weighted by Gasteiger charge is -2.18. The molecule has 0 saturated carbocycles. The topological polar surface area (TPSA) is 69.1 Å². The Kier molecular flexibility index (Phi) is 10.8. The molecular formula is C18H32N4O2. The molecule has 1 rings (SSSR count). The number of aliphatic hydroxyl groups excluding tert-OH is 1. The molecule has 0 aromatic heterocycles. The van der Waals surface area contributed by atoms with Gasteiger partial charge in [0.05, 0.1) is 13.2 Å². The van der Waals surface area contributed by atoms with E-state index in [4.69, 9.17) is 4.74 Å². The third-order valence-electron chi connectivity index (χ3n) is 3.71. The number of benzene rings is 1. The second-order valence-corrected chi connectivity index (χ2v) is 5.70. The van der Waals surface area contributed by atoms with Crippen LogP contribution in [-0.2, 0) is 17.9 Å². The first-order valence-corrected chi connectivity index (χ1v) is 8.58. The molecule has 0 amide bonds. The largest absolute Gasteiger partial charge is 0.392 e. The number of hydrogen-bond acceptors (Lipinski definition) is 4. The summed E-state index contributed by atoms with van der Waals surface area (Å²) >= 11 is 0. The maximum atomic E-state index is 9.38. The van der Waals surface area contributed by atoms with E-state index in [2.05, 4.69) is 34.5 Å². The Balaban J connectivity index is 2.45. The summed E-state index contributed by atoms with van der Waals surface area (Å²) in [5, 5.41) is 16.0. The third kappa shape index (κ3) is 8.29. The van der Waals surface area contributed by atoms with Crippen molar-refractivity contribution in [1.82, 2.24) is 15.5 Å². The summed E-state index contributed by atoms with van der Waals surface area (Å²) in [6, 6.07) is 7.84. The van der Waals surface area contributed by atoms with Crippen molar-refractivity contribution in [3.8, 4) is 0 Å². The van der Waals surface area contributed by atoms with Crippen molar-refractivity contribution in [3.05, 3.63) is 35.4 Å². The predicted octanol–water partition coefficient (Wildman–Crippen LogP) is 1.20. The van der Waals surface area contributed by atoms with Gasteiger partial charge in [-0.2, -0.15) is 0 Å². The highest BCUT2D eigenvalue weighted by atomic mass is 16.5. The van der Waals surface area contributed by atoms with Gasteiger partial charge in [-0.25, -0.2) is 4.99 Å². The summed E-state index contributed by atoms with van der Waals surface area (Å²) < 4.78 is 5.07. The zero-order valence-electron chi connectivity index (χ0n) is 15.2. The zero-order chi connectivity index (χ0) is 17.6. The Morgan fingerprint density at radius 1 is 1.21 bits per heavy atom. The molecule has 0 fully saturated rings. The van der Waals surface area contributed by atoms with E-state index in [0.29, 0.717) is 6.54 Å². The molecule has 24 heavy (non-hydrogen) atoms. The zero-order valence-corrected chi connectivity index (χ0v) is 15.2. The minimum absolute atomic E-state index is 0.0436. The minimum atomic E-state index is 0.0436. The highest BCUT2D eigenvalue weighted by molar-refractivity contribution is 5.79. The van der Waals surface area contributed by atoms with E-state index in [0.717, 1.165) is 56.3 Å². The van der Waals surface area contributed by atoms with Gasteiger partial charge in [-0.3, -0.25) is 0 Å². The van der Waals surface area contributed by atoms with Crippen molar-refractivity contribution >= 4 is 5.96 Å². The lowest BCUT2D eigenvalue weighted by atomic mass is 10.1. The molecule has 0 spiro atoms. The summed E-state index contributed by atoms with van der Waals surface area (Å²) in [6.07, 6.45) is 1.04. The quantitative estimate of drug-likeness (QED) is 0.322. The van der Waals surface area contributed by atoms with Crippen molar-refractivity contribution in [2.24, 2.45) is 4.99 Å². The molecule has 0 atom stereocenters. The van der Waals surface area contributed by atoms with Gasteiger partial charge in [-0.15, -0.1) is 0 Å². The first-order valence-electron chi connectivity index (χ1n) is 8.58. The SMILES string of the molecule is CCNC(=NCc1ccccc1CO)NCCN(C)CCCOC. The average Bonchev–Trinajstić information content (AvgIpc) is 2.60. The van der Waals surface area contributed by atoms with Gasteiger partial charge in [-0.05, 0) is 31.5 Å². The Morgan fingerprint density at radius 2 is 1.96 bits per heavy atom. The van der Waals surface area contributed by atoms with E-state index in [1.54, 1.807) is 7.11 Å². The Hall–Kier alpha value is -1.63. The van der Waals surface area contributed by atoms with Crippen LogP contribution in [0.25, 0.3) is 0 Å². The summed E-state index contributed by atoms with van der Waals surface area (Å²) in [7, 11) is 3.84. The van der Waals surface area contributed by atoms with Crippen LogP contribution in [0.1, 0.15) is 24.5 Å². The second-order valence-electron chi connectivity index (χ2n) is 5.70. The highest BCUT2D eigenvalue weighted by Gasteiger charge is 2.02. The predicted molar refractivity (Wildman–Crippen MR) is 99.2 cm³/mol. The number of guanidine groups is 1. The molecule has 0 saturated heterocycles. The van der Waals surface area contributed by atoms with E-state index in [1.807, 2.05) is 24.3 Å². The first-order chi connectivity index (χ1) is 11.7. The number of nitrogens with zero attached hydrogens (tertiary/aromatic N) is 2. The van der Waals surface area contributed by atoms with Crippen LogP contribution in [0, 0.1) is 0 Å². The van der Waals surface area contributed by atoms with E-state index in [-0.39, 0.29) is 6.61 Å². The number of aliphatic imine (C=N–C) groups is 1. The fourth-order valence-electron chi connectivity index (χ4n) is 2.33. The van der Waals surface area contributed by atoms with Gasteiger partial charge < -0.3 is 25.4 Å². The fraction of sp³-hybridized carbons (Fsp3) is 0.611. The second kappa shape index (κ2) is 12.8. The van der Waals surface area contributed by atoms with Crippen LogP contribution in [0.4, 0.5) is 0 Å². The van der Waals surface area contributed by atoms with Crippen LogP contribution in [-0.4, -0.2) is 62.9 Å². The Bertz CT molecular complexity index is 480. The lowest BCUT2D eigenvalue weighted by molar-refractivity contribution is 0.180. The van der Waals surface area contributed by atoms with Gasteiger partial charge in [0.15, 0.2) is 5.96 Å². The van der Waals surface area contributed by atoms with Crippen LogP contribution < -0.4 is 10.6 Å². The molecule has 0 aliphatic rings. The monoisotopic (exact) mass is 336 g/mol. The molecule has 0 bridgehead atoms. The van der Waals surface area contributed by atoms with Crippen LogP contribution in [0.15, 0.2) is 29.3 Å². The maximum absolute atomic E-state index is 9.38. The minimum Gasteiger partial charge on any atom is -0.392 e. The smallest absolute Gasteiger partial charge is 0.191 e. The number of methoxy groups -OCH3 is 1. The number of ether oxygens (including phenoxy) is 1. The van der Waals surface area contributed by atoms with Crippen LogP contribution >= 0.6 is 0 Å². The van der Waals surface area contributed by atoms with Crippen molar-refractivity contribution in [1.29, 1.82) is 0 Å². The molecule has 0 unspecified atom stereocenters. The summed E-state index contributed by atoms with van der Waals surface area (Å²) in [5.41, 5.74) is 1.98. The first kappa shape index (κ1) is 20.4. The van der Waals surface area contributed by atoms with Crippen LogP contribution in [0.5, 0.6) is 0 Å². The molecule has 1 aromatic carbocycles. The molecule has 0 aliphatic heterocycles. The highest BCUT2D eigenvalue weighted by Crippen LogP contribution is 2.09. The van der Waals surface area contributed by atoms with Crippen molar-refractivity contribution in [2.75, 3.05) is 46.9 Å². The normalized spacial score (nSPS) is 11.8. The third-order valence-corrected chi connectivity index (χ3v) is 3.71. The fourth-order valence-corrected chi connectivity index (χ4v) is 2.33. The molecule has 0 heterocycles. The van der Waals surface area contributed by atoms with Crippen molar-refractivity contribution in [2.45, 2.75) is 26.5 Å². The molecule has 1 aromatic rings. The average molecular weight is 336 g/mol. The summed E-state index contributed by atoms with van der Waals surface area (Å²) in [5.74, 6) is 0.801. The molecule has 6 heteroatoms. The standard InChI is InChI=1S/C18H32N4O2/c1-4-19-18(20-10-12-22(2)11-7-13-24-3)21-14-16-8-5-6-9-17(16)15-23/h5-6,8-9,23H,4,7,10-15H2,1-3H3,(H2,19,20,21). The number of rotatable bonds is 11. The van der Waals surface area contributed by atoms with Gasteiger partial charge in [-0.1, -0.05) is 24.3 Å². The number of likely N-dealkylation sites (N-methyl/N-ethyl adjacent to an activating group) is 1. The van der Waals surface area contributed by atoms with Crippen molar-refractivity contribution < 1.29 is 9.84 Å². The van der Waals surface area contributed by atoms with Gasteiger partial charge in [0.1, 0.15) is 0 Å². The number of nitrogens with one attached hydrogen (secondary N) is 2. The molecule has 136 valence electrons. The molecular weight excluding hydrogens is 304 g/mol. The van der Waals surface area contributed by atoms with E-state index in [1.165, 1.54) is 0 Å². The molecule has 0 aliphatic carbocycles. The summed E-state index contributed by atoms with van der Waals surface area (Å²) in [6.45, 7) is 7.06. The Labute approximate surface area is 145 Å². The van der Waals surface area contributed by atoms with E-state index >= 15 is 0 Å². The number of aliphatic hydroxyl groups is 1. The maximum Gasteiger partial charge on any atom is 0.191 e. The molecule has 0 radical (unpaired) electrons. The van der Waals surface area contributed by atoms with E-state index < -0.39 is 0 Å². The number of hydrogen-bond donors (Lipinski definition) is 3.